The molecule has 0 bridgehead atoms. The van der Waals surface area contributed by atoms with Crippen LogP contribution >= 0.6 is 23.4 Å². The lowest BCUT2D eigenvalue weighted by Gasteiger charge is -2.20. The fourth-order valence-corrected chi connectivity index (χ4v) is 2.89. The van der Waals surface area contributed by atoms with Crippen molar-refractivity contribution in [3.05, 3.63) is 34.9 Å². The molecular weight excluding hydrogens is 324 g/mol. The van der Waals surface area contributed by atoms with Crippen molar-refractivity contribution in [1.82, 2.24) is 10.6 Å². The van der Waals surface area contributed by atoms with Crippen LogP contribution in [0.2, 0.25) is 5.02 Å². The molecule has 0 radical (unpaired) electrons. The van der Waals surface area contributed by atoms with Crippen LogP contribution in [0.4, 0.5) is 0 Å². The van der Waals surface area contributed by atoms with Gasteiger partial charge in [-0.05, 0) is 24.6 Å². The predicted molar refractivity (Wildman–Crippen MR) is 89.3 cm³/mol. The molecule has 1 saturated heterocycles. The first-order chi connectivity index (χ1) is 10.5. The molecule has 0 aromatic heterocycles. The Balaban J connectivity index is 2.13. The molecule has 1 aliphatic heterocycles. The maximum Gasteiger partial charge on any atom is 0.233 e. The Labute approximate surface area is 137 Å². The quantitative estimate of drug-likeness (QED) is 0.651. The van der Waals surface area contributed by atoms with Gasteiger partial charge < -0.3 is 10.6 Å². The zero-order chi connectivity index (χ0) is 16.1. The van der Waals surface area contributed by atoms with Crippen LogP contribution in [-0.4, -0.2) is 35.0 Å². The fourth-order valence-electron chi connectivity index (χ4n) is 1.77. The van der Waals surface area contributed by atoms with Gasteiger partial charge in [-0.25, -0.2) is 0 Å². The van der Waals surface area contributed by atoms with Gasteiger partial charge in [0.2, 0.25) is 11.8 Å². The van der Waals surface area contributed by atoms with Crippen molar-refractivity contribution in [2.45, 2.75) is 18.6 Å². The average molecular weight is 339 g/mol. The minimum atomic E-state index is -0.483. The van der Waals surface area contributed by atoms with Crippen molar-refractivity contribution in [1.29, 1.82) is 0 Å². The van der Waals surface area contributed by atoms with Gasteiger partial charge in [0.25, 0.3) is 0 Å². The summed E-state index contributed by atoms with van der Waals surface area (Å²) >= 11 is 7.02. The highest BCUT2D eigenvalue weighted by molar-refractivity contribution is 8.15. The van der Waals surface area contributed by atoms with Crippen molar-refractivity contribution in [2.75, 3.05) is 7.05 Å². The maximum absolute atomic E-state index is 11.6. The van der Waals surface area contributed by atoms with Crippen molar-refractivity contribution in [3.8, 4) is 0 Å². The Bertz CT molecular complexity index is 643. The standard InChI is InChI=1S/C14H15ClN4O2S/c1-8(9-3-5-10(15)6-4-9)18-19-14-17-12(20)7-11(22-14)13(21)16-2/h3-6,11H,7H2,1-2H3,(H,16,21)(H,17,19,20)/t11-/m0/s1. The molecule has 1 aromatic carbocycles. The molecule has 22 heavy (non-hydrogen) atoms. The van der Waals surface area contributed by atoms with Crippen LogP contribution in [0.25, 0.3) is 0 Å². The molecule has 0 aliphatic carbocycles. The number of thioether (sulfide) groups is 1. The molecule has 2 amide bonds. The van der Waals surface area contributed by atoms with Gasteiger partial charge in [0.15, 0.2) is 5.17 Å². The van der Waals surface area contributed by atoms with Gasteiger partial charge in [0, 0.05) is 18.5 Å². The highest BCUT2D eigenvalue weighted by Crippen LogP contribution is 2.20. The Hall–Kier alpha value is -1.86. The lowest BCUT2D eigenvalue weighted by atomic mass is 10.1. The number of hydrogen-bond acceptors (Lipinski definition) is 5. The SMILES string of the molecule is CNC(=O)[C@@H]1CC(=O)N/C(=N\N=C(C)c2ccc(Cl)cc2)S1. The van der Waals surface area contributed by atoms with Crippen LogP contribution in [0.1, 0.15) is 18.9 Å². The molecule has 0 saturated carbocycles. The molecule has 1 heterocycles. The average Bonchev–Trinajstić information content (AvgIpc) is 2.52. The van der Waals surface area contributed by atoms with Gasteiger partial charge >= 0.3 is 0 Å². The summed E-state index contributed by atoms with van der Waals surface area (Å²) in [7, 11) is 1.54. The summed E-state index contributed by atoms with van der Waals surface area (Å²) in [6.07, 6.45) is 0.128. The zero-order valence-corrected chi connectivity index (χ0v) is 13.7. The zero-order valence-electron chi connectivity index (χ0n) is 12.1. The molecule has 0 unspecified atom stereocenters. The van der Waals surface area contributed by atoms with Gasteiger partial charge in [-0.2, -0.15) is 5.10 Å². The summed E-state index contributed by atoms with van der Waals surface area (Å²) in [5.41, 5.74) is 1.56. The maximum atomic E-state index is 11.6. The van der Waals surface area contributed by atoms with E-state index in [0.29, 0.717) is 15.9 Å². The molecule has 1 fully saturated rings. The van der Waals surface area contributed by atoms with Gasteiger partial charge in [0.05, 0.1) is 11.0 Å². The summed E-state index contributed by atoms with van der Waals surface area (Å²) in [4.78, 5) is 23.2. The Morgan fingerprint density at radius 3 is 2.73 bits per heavy atom. The molecule has 1 atom stereocenters. The lowest BCUT2D eigenvalue weighted by Crippen LogP contribution is -2.43. The Morgan fingerprint density at radius 2 is 2.09 bits per heavy atom. The third-order valence-electron chi connectivity index (χ3n) is 2.96. The third-order valence-corrected chi connectivity index (χ3v) is 4.29. The van der Waals surface area contributed by atoms with Crippen LogP contribution in [-0.2, 0) is 9.59 Å². The van der Waals surface area contributed by atoms with Crippen LogP contribution in [0.3, 0.4) is 0 Å². The summed E-state index contributed by atoms with van der Waals surface area (Å²) in [5, 5.41) is 13.7. The van der Waals surface area contributed by atoms with E-state index in [1.54, 1.807) is 19.1 Å². The molecule has 8 heteroatoms. The second kappa shape index (κ2) is 7.42. The summed E-state index contributed by atoms with van der Waals surface area (Å²) in [5.74, 6) is -0.448. The van der Waals surface area contributed by atoms with Gasteiger partial charge in [-0.15, -0.1) is 5.10 Å². The first-order valence-electron chi connectivity index (χ1n) is 6.56. The number of amidine groups is 1. The number of amides is 2. The number of rotatable bonds is 3. The second-order valence-corrected chi connectivity index (χ2v) is 6.20. The fraction of sp³-hybridized carbons (Fsp3) is 0.286. The Morgan fingerprint density at radius 1 is 1.41 bits per heavy atom. The topological polar surface area (TPSA) is 82.9 Å². The minimum Gasteiger partial charge on any atom is -0.358 e. The van der Waals surface area contributed by atoms with E-state index in [1.807, 2.05) is 12.1 Å². The van der Waals surface area contributed by atoms with E-state index in [4.69, 9.17) is 11.6 Å². The highest BCUT2D eigenvalue weighted by atomic mass is 35.5. The predicted octanol–water partition coefficient (Wildman–Crippen LogP) is 1.79. The first kappa shape index (κ1) is 16.5. The molecule has 6 nitrogen and oxygen atoms in total. The first-order valence-corrected chi connectivity index (χ1v) is 7.81. The van der Waals surface area contributed by atoms with E-state index in [0.717, 1.165) is 5.56 Å². The monoisotopic (exact) mass is 338 g/mol. The van der Waals surface area contributed by atoms with Crippen molar-refractivity contribution >= 4 is 46.1 Å². The smallest absolute Gasteiger partial charge is 0.233 e. The molecule has 1 aliphatic rings. The summed E-state index contributed by atoms with van der Waals surface area (Å²) in [6, 6.07) is 7.20. The highest BCUT2D eigenvalue weighted by Gasteiger charge is 2.29. The van der Waals surface area contributed by atoms with E-state index in [9.17, 15) is 9.59 Å². The van der Waals surface area contributed by atoms with Crippen molar-refractivity contribution in [3.63, 3.8) is 0 Å². The molecule has 1 aromatic rings. The second-order valence-electron chi connectivity index (χ2n) is 4.57. The Kier molecular flexibility index (Phi) is 5.57. The number of carbonyl (C=O) groups excluding carboxylic acids is 2. The molecule has 116 valence electrons. The number of halogens is 1. The van der Waals surface area contributed by atoms with Crippen LogP contribution < -0.4 is 10.6 Å². The number of nitrogens with zero attached hydrogens (tertiary/aromatic N) is 2. The molecule has 2 N–H and O–H groups in total. The molecular formula is C14H15ClN4O2S. The van der Waals surface area contributed by atoms with E-state index in [-0.39, 0.29) is 18.2 Å². The van der Waals surface area contributed by atoms with E-state index in [2.05, 4.69) is 20.8 Å². The normalized spacial score (nSPS) is 20.7. The van der Waals surface area contributed by atoms with Crippen LogP contribution in [0, 0.1) is 0 Å². The number of hydrogen-bond donors (Lipinski definition) is 2. The number of carbonyl (C=O) groups is 2. The van der Waals surface area contributed by atoms with Crippen molar-refractivity contribution < 1.29 is 9.59 Å². The minimum absolute atomic E-state index is 0.128. The van der Waals surface area contributed by atoms with Gasteiger partial charge in [-0.3, -0.25) is 9.59 Å². The summed E-state index contributed by atoms with van der Waals surface area (Å²) in [6.45, 7) is 1.80. The number of benzene rings is 1. The van der Waals surface area contributed by atoms with Gasteiger partial charge in [0.1, 0.15) is 0 Å². The molecule has 0 spiro atoms. The van der Waals surface area contributed by atoms with E-state index >= 15 is 0 Å². The van der Waals surface area contributed by atoms with Crippen molar-refractivity contribution in [2.24, 2.45) is 10.2 Å². The summed E-state index contributed by atoms with van der Waals surface area (Å²) < 4.78 is 0. The molecule has 2 rings (SSSR count). The number of nitrogens with one attached hydrogen (secondary N) is 2. The van der Waals surface area contributed by atoms with Crippen LogP contribution in [0.15, 0.2) is 34.5 Å². The largest absolute Gasteiger partial charge is 0.358 e. The third kappa shape index (κ3) is 4.32. The van der Waals surface area contributed by atoms with Gasteiger partial charge in [-0.1, -0.05) is 35.5 Å². The van der Waals surface area contributed by atoms with Crippen LogP contribution in [0.5, 0.6) is 0 Å². The lowest BCUT2D eigenvalue weighted by molar-refractivity contribution is -0.125. The van der Waals surface area contributed by atoms with E-state index in [1.165, 1.54) is 18.8 Å². The van der Waals surface area contributed by atoms with E-state index < -0.39 is 5.25 Å².